The summed E-state index contributed by atoms with van der Waals surface area (Å²) in [7, 11) is 0. The zero-order valence-electron chi connectivity index (χ0n) is 11.0. The quantitative estimate of drug-likeness (QED) is 0.680. The van der Waals surface area contributed by atoms with E-state index in [1.165, 1.54) is 5.56 Å². The summed E-state index contributed by atoms with van der Waals surface area (Å²) in [6.07, 6.45) is 2.96. The summed E-state index contributed by atoms with van der Waals surface area (Å²) < 4.78 is 1.11. The van der Waals surface area contributed by atoms with Crippen LogP contribution in [0.25, 0.3) is 10.8 Å². The van der Waals surface area contributed by atoms with Crippen molar-refractivity contribution in [1.82, 2.24) is 4.98 Å². The van der Waals surface area contributed by atoms with Crippen LogP contribution in [0.3, 0.4) is 0 Å². The molecule has 1 heterocycles. The second-order valence-corrected chi connectivity index (χ2v) is 5.90. The van der Waals surface area contributed by atoms with Crippen LogP contribution in [0.4, 0.5) is 0 Å². The molecule has 2 nitrogen and oxygen atoms in total. The molecule has 0 spiro atoms. The van der Waals surface area contributed by atoms with Crippen LogP contribution in [0.15, 0.2) is 54.9 Å². The summed E-state index contributed by atoms with van der Waals surface area (Å²) in [5, 5.41) is 12.9. The minimum atomic E-state index is -0.630. The van der Waals surface area contributed by atoms with Gasteiger partial charge in [-0.2, -0.15) is 0 Å². The van der Waals surface area contributed by atoms with E-state index in [1.54, 1.807) is 6.20 Å². The van der Waals surface area contributed by atoms with Crippen LogP contribution >= 0.6 is 22.6 Å². The molecule has 3 rings (SSSR count). The number of fused-ring (bicyclic) bond motifs is 1. The molecule has 0 saturated heterocycles. The van der Waals surface area contributed by atoms with Crippen molar-refractivity contribution in [3.05, 3.63) is 75.1 Å². The molecule has 20 heavy (non-hydrogen) atoms. The Morgan fingerprint density at radius 2 is 1.80 bits per heavy atom. The maximum absolute atomic E-state index is 10.8. The third-order valence-electron chi connectivity index (χ3n) is 3.53. The van der Waals surface area contributed by atoms with Crippen molar-refractivity contribution in [1.29, 1.82) is 0 Å². The van der Waals surface area contributed by atoms with Crippen LogP contribution in [-0.4, -0.2) is 10.1 Å². The molecule has 3 heteroatoms. The van der Waals surface area contributed by atoms with Crippen molar-refractivity contribution in [2.75, 3.05) is 0 Å². The maximum atomic E-state index is 10.8. The zero-order valence-corrected chi connectivity index (χ0v) is 13.2. The van der Waals surface area contributed by atoms with Gasteiger partial charge in [0.25, 0.3) is 0 Å². The molecule has 1 atom stereocenters. The van der Waals surface area contributed by atoms with Gasteiger partial charge in [0.05, 0.1) is 0 Å². The van der Waals surface area contributed by atoms with E-state index in [2.05, 4.69) is 40.6 Å². The van der Waals surface area contributed by atoms with Gasteiger partial charge in [-0.05, 0) is 57.7 Å². The van der Waals surface area contributed by atoms with Crippen molar-refractivity contribution in [3.63, 3.8) is 0 Å². The smallest absolute Gasteiger partial charge is 0.106 e. The van der Waals surface area contributed by atoms with E-state index in [9.17, 15) is 5.11 Å². The van der Waals surface area contributed by atoms with Crippen molar-refractivity contribution in [2.24, 2.45) is 0 Å². The van der Waals surface area contributed by atoms with Gasteiger partial charge < -0.3 is 5.11 Å². The minimum absolute atomic E-state index is 0.630. The average Bonchev–Trinajstić information content (AvgIpc) is 2.49. The normalized spacial score (nSPS) is 12.6. The molecule has 2 aromatic carbocycles. The van der Waals surface area contributed by atoms with Gasteiger partial charge in [0.15, 0.2) is 0 Å². The van der Waals surface area contributed by atoms with Gasteiger partial charge in [-0.25, -0.2) is 0 Å². The first-order chi connectivity index (χ1) is 9.68. The van der Waals surface area contributed by atoms with Gasteiger partial charge in [0.2, 0.25) is 0 Å². The number of halogens is 1. The van der Waals surface area contributed by atoms with E-state index in [0.29, 0.717) is 0 Å². The van der Waals surface area contributed by atoms with Crippen LogP contribution in [0.5, 0.6) is 0 Å². The summed E-state index contributed by atoms with van der Waals surface area (Å²) in [6, 6.07) is 14.0. The molecule has 0 bridgehead atoms. The minimum Gasteiger partial charge on any atom is -0.384 e. The Labute approximate surface area is 131 Å². The van der Waals surface area contributed by atoms with E-state index in [0.717, 1.165) is 25.5 Å². The molecule has 100 valence electrons. The molecule has 0 fully saturated rings. The number of rotatable bonds is 2. The summed E-state index contributed by atoms with van der Waals surface area (Å²) in [5.74, 6) is 0. The number of aliphatic hydroxyl groups excluding tert-OH is 1. The summed E-state index contributed by atoms with van der Waals surface area (Å²) in [5.41, 5.74) is 3.03. The number of aliphatic hydroxyl groups is 1. The Morgan fingerprint density at radius 3 is 2.65 bits per heavy atom. The average molecular weight is 375 g/mol. The zero-order chi connectivity index (χ0) is 14.1. The van der Waals surface area contributed by atoms with E-state index in [-0.39, 0.29) is 0 Å². The van der Waals surface area contributed by atoms with E-state index < -0.39 is 6.10 Å². The van der Waals surface area contributed by atoms with Crippen LogP contribution in [0.1, 0.15) is 22.8 Å². The Hall–Kier alpha value is -1.46. The largest absolute Gasteiger partial charge is 0.384 e. The Balaban J connectivity index is 2.18. The predicted molar refractivity (Wildman–Crippen MR) is 89.7 cm³/mol. The Kier molecular flexibility index (Phi) is 3.72. The highest BCUT2D eigenvalue weighted by Gasteiger charge is 2.16. The molecule has 1 unspecified atom stereocenters. The molecule has 1 aromatic heterocycles. The highest BCUT2D eigenvalue weighted by molar-refractivity contribution is 14.1. The molecule has 1 N–H and O–H groups in total. The van der Waals surface area contributed by atoms with Gasteiger partial charge in [-0.15, -0.1) is 0 Å². The van der Waals surface area contributed by atoms with Gasteiger partial charge in [0.1, 0.15) is 6.10 Å². The van der Waals surface area contributed by atoms with E-state index >= 15 is 0 Å². The monoisotopic (exact) mass is 375 g/mol. The fourth-order valence-electron chi connectivity index (χ4n) is 2.42. The first-order valence-corrected chi connectivity index (χ1v) is 7.52. The molecular weight excluding hydrogens is 361 g/mol. The predicted octanol–water partition coefficient (Wildman–Crippen LogP) is 4.23. The number of hydrogen-bond donors (Lipinski definition) is 1. The van der Waals surface area contributed by atoms with Crippen molar-refractivity contribution >= 4 is 33.4 Å². The number of nitrogens with zero attached hydrogens (tertiary/aromatic N) is 1. The van der Waals surface area contributed by atoms with Crippen LogP contribution in [0.2, 0.25) is 0 Å². The number of benzene rings is 2. The van der Waals surface area contributed by atoms with E-state index in [1.807, 2.05) is 42.6 Å². The molecule has 0 aliphatic carbocycles. The Morgan fingerprint density at radius 1 is 1.05 bits per heavy atom. The van der Waals surface area contributed by atoms with E-state index in [4.69, 9.17) is 0 Å². The second kappa shape index (κ2) is 5.50. The lowest BCUT2D eigenvalue weighted by Gasteiger charge is -2.16. The molecule has 0 amide bonds. The fourth-order valence-corrected chi connectivity index (χ4v) is 3.08. The van der Waals surface area contributed by atoms with Gasteiger partial charge in [0, 0.05) is 21.4 Å². The molecule has 0 aliphatic rings. The SMILES string of the molecule is Cc1cccc(C(O)c2cccc3ccncc23)c1I. The lowest BCUT2D eigenvalue weighted by atomic mass is 9.96. The van der Waals surface area contributed by atoms with Crippen molar-refractivity contribution in [2.45, 2.75) is 13.0 Å². The highest BCUT2D eigenvalue weighted by Crippen LogP contribution is 2.31. The summed E-state index contributed by atoms with van der Waals surface area (Å²) in [6.45, 7) is 2.06. The van der Waals surface area contributed by atoms with Gasteiger partial charge in [-0.1, -0.05) is 36.4 Å². The van der Waals surface area contributed by atoms with Crippen LogP contribution in [-0.2, 0) is 0 Å². The summed E-state index contributed by atoms with van der Waals surface area (Å²) in [4.78, 5) is 4.18. The fraction of sp³-hybridized carbons (Fsp3) is 0.118. The number of hydrogen-bond acceptors (Lipinski definition) is 2. The van der Waals surface area contributed by atoms with Gasteiger partial charge >= 0.3 is 0 Å². The van der Waals surface area contributed by atoms with Crippen LogP contribution in [0, 0.1) is 10.5 Å². The first kappa shape index (κ1) is 13.5. The third kappa shape index (κ3) is 2.31. The number of aromatic nitrogens is 1. The molecule has 0 aliphatic heterocycles. The third-order valence-corrected chi connectivity index (χ3v) is 5.00. The first-order valence-electron chi connectivity index (χ1n) is 6.44. The lowest BCUT2D eigenvalue weighted by Crippen LogP contribution is -2.04. The molecule has 0 radical (unpaired) electrons. The Bertz CT molecular complexity index is 765. The number of aryl methyl sites for hydroxylation is 1. The molecule has 0 saturated carbocycles. The van der Waals surface area contributed by atoms with Crippen molar-refractivity contribution < 1.29 is 5.11 Å². The number of pyridine rings is 1. The summed E-state index contributed by atoms with van der Waals surface area (Å²) >= 11 is 2.30. The maximum Gasteiger partial charge on any atom is 0.106 e. The highest BCUT2D eigenvalue weighted by atomic mass is 127. The van der Waals surface area contributed by atoms with Crippen LogP contribution < -0.4 is 0 Å². The topological polar surface area (TPSA) is 33.1 Å². The standard InChI is InChI=1S/C17H14INO/c1-11-4-2-7-14(16(11)18)17(20)13-6-3-5-12-8-9-19-10-15(12)13/h2-10,17,20H,1H3. The molecule has 3 aromatic rings. The van der Waals surface area contributed by atoms with Crippen molar-refractivity contribution in [3.8, 4) is 0 Å². The second-order valence-electron chi connectivity index (χ2n) is 4.82. The van der Waals surface area contributed by atoms with Gasteiger partial charge in [-0.3, -0.25) is 4.98 Å². The lowest BCUT2D eigenvalue weighted by molar-refractivity contribution is 0.221. The molecular formula is C17H14INO.